The lowest BCUT2D eigenvalue weighted by Gasteiger charge is -2.33. The van der Waals surface area contributed by atoms with Crippen LogP contribution in [-0.4, -0.2) is 48.2 Å². The summed E-state index contributed by atoms with van der Waals surface area (Å²) in [6.45, 7) is 3.17. The summed E-state index contributed by atoms with van der Waals surface area (Å²) in [6, 6.07) is 14.6. The zero-order chi connectivity index (χ0) is 20.1. The molecular formula is C23H24FN3O2. The maximum atomic E-state index is 13.7. The highest BCUT2D eigenvalue weighted by atomic mass is 19.1. The van der Waals surface area contributed by atoms with E-state index in [-0.39, 0.29) is 11.9 Å². The van der Waals surface area contributed by atoms with Crippen LogP contribution in [0.4, 0.5) is 4.39 Å². The first-order valence-electron chi connectivity index (χ1n) is 9.76. The van der Waals surface area contributed by atoms with Crippen LogP contribution in [0.25, 0.3) is 11.3 Å². The first kappa shape index (κ1) is 19.5. The smallest absolute Gasteiger partial charge is 0.123 e. The van der Waals surface area contributed by atoms with Gasteiger partial charge in [-0.2, -0.15) is 0 Å². The molecule has 1 saturated heterocycles. The molecule has 1 aliphatic rings. The quantitative estimate of drug-likeness (QED) is 0.636. The molecule has 0 saturated carbocycles. The molecule has 1 aliphatic heterocycles. The van der Waals surface area contributed by atoms with Crippen molar-refractivity contribution in [3.63, 3.8) is 0 Å². The Bertz CT molecular complexity index is 949. The summed E-state index contributed by atoms with van der Waals surface area (Å²) in [6.07, 6.45) is 4.06. The highest BCUT2D eigenvalue weighted by Gasteiger charge is 2.26. The molecule has 1 unspecified atom stereocenters. The molecule has 1 aromatic heterocycles. The van der Waals surface area contributed by atoms with E-state index >= 15 is 0 Å². The van der Waals surface area contributed by atoms with Crippen molar-refractivity contribution in [1.29, 1.82) is 0 Å². The molecule has 1 atom stereocenters. The third-order valence-electron chi connectivity index (χ3n) is 5.16. The molecule has 6 heteroatoms. The number of aromatic nitrogens is 2. The molecule has 2 heterocycles. The van der Waals surface area contributed by atoms with Gasteiger partial charge in [-0.05, 0) is 36.2 Å². The molecule has 0 N–H and O–H groups in total. The second-order valence-electron chi connectivity index (χ2n) is 7.06. The molecule has 2 aromatic carbocycles. The van der Waals surface area contributed by atoms with Crippen LogP contribution in [0, 0.1) is 5.82 Å². The fourth-order valence-corrected chi connectivity index (χ4v) is 3.59. The summed E-state index contributed by atoms with van der Waals surface area (Å²) in [7, 11) is 1.67. The van der Waals surface area contributed by atoms with Crippen molar-refractivity contribution in [3.8, 4) is 17.0 Å². The van der Waals surface area contributed by atoms with E-state index in [0.717, 1.165) is 37.5 Å². The molecule has 0 amide bonds. The Hall–Kier alpha value is -2.83. The molecule has 1 fully saturated rings. The average Bonchev–Trinajstić information content (AvgIpc) is 2.78. The van der Waals surface area contributed by atoms with Crippen molar-refractivity contribution >= 4 is 0 Å². The standard InChI is InChI=1S/C23H24FN3O2/c1-28-20-7-5-17(6-8-20)9-12-27-13-14-29-21(16-27)23-22(25-10-11-26-23)18-3-2-4-19(24)15-18/h2-8,10-11,15,21H,9,12-14,16H2,1H3. The Kier molecular flexibility index (Phi) is 6.12. The Morgan fingerprint density at radius 2 is 1.97 bits per heavy atom. The monoisotopic (exact) mass is 393 g/mol. The number of rotatable bonds is 6. The van der Waals surface area contributed by atoms with E-state index in [9.17, 15) is 4.39 Å². The van der Waals surface area contributed by atoms with Crippen molar-refractivity contribution in [1.82, 2.24) is 14.9 Å². The van der Waals surface area contributed by atoms with E-state index in [4.69, 9.17) is 9.47 Å². The van der Waals surface area contributed by atoms with Crippen LogP contribution < -0.4 is 4.74 Å². The molecule has 29 heavy (non-hydrogen) atoms. The molecule has 0 aliphatic carbocycles. The van der Waals surface area contributed by atoms with Crippen LogP contribution in [0.15, 0.2) is 60.9 Å². The Morgan fingerprint density at radius 1 is 1.14 bits per heavy atom. The van der Waals surface area contributed by atoms with Gasteiger partial charge in [0.1, 0.15) is 17.7 Å². The molecule has 150 valence electrons. The molecule has 0 radical (unpaired) electrons. The fraction of sp³-hybridized carbons (Fsp3) is 0.304. The summed E-state index contributed by atoms with van der Waals surface area (Å²) in [4.78, 5) is 11.4. The van der Waals surface area contributed by atoms with Gasteiger partial charge >= 0.3 is 0 Å². The summed E-state index contributed by atoms with van der Waals surface area (Å²) >= 11 is 0. The number of hydrogen-bond donors (Lipinski definition) is 0. The molecule has 5 nitrogen and oxygen atoms in total. The van der Waals surface area contributed by atoms with Crippen LogP contribution in [-0.2, 0) is 11.2 Å². The van der Waals surface area contributed by atoms with Crippen LogP contribution in [0.5, 0.6) is 5.75 Å². The third-order valence-corrected chi connectivity index (χ3v) is 5.16. The molecule has 4 rings (SSSR count). The maximum Gasteiger partial charge on any atom is 0.123 e. The van der Waals surface area contributed by atoms with Gasteiger partial charge in [-0.3, -0.25) is 14.9 Å². The summed E-state index contributed by atoms with van der Waals surface area (Å²) in [5, 5.41) is 0. The van der Waals surface area contributed by atoms with Gasteiger partial charge in [0.2, 0.25) is 0 Å². The summed E-state index contributed by atoms with van der Waals surface area (Å²) in [5.41, 5.74) is 3.42. The Balaban J connectivity index is 1.46. The number of methoxy groups -OCH3 is 1. The second-order valence-corrected chi connectivity index (χ2v) is 7.06. The first-order chi connectivity index (χ1) is 14.2. The van der Waals surface area contributed by atoms with E-state index in [2.05, 4.69) is 27.0 Å². The first-order valence-corrected chi connectivity index (χ1v) is 9.76. The number of halogens is 1. The van der Waals surface area contributed by atoms with E-state index < -0.39 is 0 Å². The number of nitrogens with zero attached hydrogens (tertiary/aromatic N) is 3. The van der Waals surface area contributed by atoms with Gasteiger partial charge in [-0.1, -0.05) is 24.3 Å². The van der Waals surface area contributed by atoms with Gasteiger partial charge in [-0.15, -0.1) is 0 Å². The topological polar surface area (TPSA) is 47.5 Å². The second kappa shape index (κ2) is 9.11. The van der Waals surface area contributed by atoms with Crippen molar-refractivity contribution in [2.75, 3.05) is 33.4 Å². The number of morpholine rings is 1. The normalized spacial score (nSPS) is 17.2. The fourth-order valence-electron chi connectivity index (χ4n) is 3.59. The average molecular weight is 393 g/mol. The Labute approximate surface area is 170 Å². The minimum Gasteiger partial charge on any atom is -0.497 e. The minimum absolute atomic E-state index is 0.188. The van der Waals surface area contributed by atoms with Crippen molar-refractivity contribution in [2.45, 2.75) is 12.5 Å². The van der Waals surface area contributed by atoms with E-state index in [1.54, 1.807) is 25.6 Å². The van der Waals surface area contributed by atoms with Crippen molar-refractivity contribution < 1.29 is 13.9 Å². The molecule has 0 spiro atoms. The third kappa shape index (κ3) is 4.78. The summed E-state index contributed by atoms with van der Waals surface area (Å²) < 4.78 is 24.9. The van der Waals surface area contributed by atoms with E-state index in [1.165, 1.54) is 17.7 Å². The lowest BCUT2D eigenvalue weighted by atomic mass is 10.0. The van der Waals surface area contributed by atoms with Crippen LogP contribution in [0.1, 0.15) is 17.4 Å². The summed E-state index contributed by atoms with van der Waals surface area (Å²) in [5.74, 6) is 0.581. The lowest BCUT2D eigenvalue weighted by Crippen LogP contribution is -2.39. The SMILES string of the molecule is COc1ccc(CCN2CCOC(c3nccnc3-c3cccc(F)c3)C2)cc1. The van der Waals surface area contributed by atoms with Gasteiger partial charge in [0, 0.05) is 37.6 Å². The minimum atomic E-state index is -0.287. The highest BCUT2D eigenvalue weighted by molar-refractivity contribution is 5.61. The van der Waals surface area contributed by atoms with Crippen LogP contribution in [0.3, 0.4) is 0 Å². The van der Waals surface area contributed by atoms with E-state index in [0.29, 0.717) is 17.9 Å². The zero-order valence-corrected chi connectivity index (χ0v) is 16.4. The van der Waals surface area contributed by atoms with Crippen LogP contribution in [0.2, 0.25) is 0 Å². The highest BCUT2D eigenvalue weighted by Crippen LogP contribution is 2.29. The predicted octanol–water partition coefficient (Wildman–Crippen LogP) is 3.91. The largest absolute Gasteiger partial charge is 0.497 e. The molecular weight excluding hydrogens is 369 g/mol. The Morgan fingerprint density at radius 3 is 2.76 bits per heavy atom. The number of ether oxygens (including phenoxy) is 2. The number of benzene rings is 2. The van der Waals surface area contributed by atoms with Gasteiger partial charge in [0.05, 0.1) is 25.1 Å². The lowest BCUT2D eigenvalue weighted by molar-refractivity contribution is -0.0315. The van der Waals surface area contributed by atoms with Gasteiger partial charge in [0.25, 0.3) is 0 Å². The van der Waals surface area contributed by atoms with Crippen LogP contribution >= 0.6 is 0 Å². The van der Waals surface area contributed by atoms with Gasteiger partial charge < -0.3 is 9.47 Å². The maximum absolute atomic E-state index is 13.7. The van der Waals surface area contributed by atoms with E-state index in [1.807, 2.05) is 18.2 Å². The number of hydrogen-bond acceptors (Lipinski definition) is 5. The molecule has 3 aromatic rings. The van der Waals surface area contributed by atoms with Gasteiger partial charge in [-0.25, -0.2) is 4.39 Å². The van der Waals surface area contributed by atoms with Crippen molar-refractivity contribution in [3.05, 3.63) is 78.0 Å². The van der Waals surface area contributed by atoms with Gasteiger partial charge in [0.15, 0.2) is 0 Å². The molecule has 0 bridgehead atoms. The zero-order valence-electron chi connectivity index (χ0n) is 16.4. The van der Waals surface area contributed by atoms with Crippen molar-refractivity contribution in [2.24, 2.45) is 0 Å². The predicted molar refractivity (Wildman–Crippen MR) is 109 cm³/mol.